The van der Waals surface area contributed by atoms with E-state index in [1.807, 2.05) is 6.07 Å². The van der Waals surface area contributed by atoms with Gasteiger partial charge in [-0.1, -0.05) is 6.07 Å². The summed E-state index contributed by atoms with van der Waals surface area (Å²) >= 11 is 0. The molecule has 0 atom stereocenters. The molecule has 0 fully saturated rings. The maximum absolute atomic E-state index is 12.1. The van der Waals surface area contributed by atoms with E-state index in [1.54, 1.807) is 50.0 Å². The van der Waals surface area contributed by atoms with Crippen LogP contribution in [0.15, 0.2) is 59.8 Å². The number of amides is 1. The van der Waals surface area contributed by atoms with Gasteiger partial charge in [0.2, 0.25) is 5.91 Å². The van der Waals surface area contributed by atoms with E-state index in [4.69, 9.17) is 4.74 Å². The summed E-state index contributed by atoms with van der Waals surface area (Å²) in [5.41, 5.74) is 2.12. The molecule has 0 aliphatic carbocycles. The minimum Gasteiger partial charge on any atom is -0.496 e. The van der Waals surface area contributed by atoms with Gasteiger partial charge in [0.15, 0.2) is 0 Å². The molecule has 1 amide bonds. The minimum atomic E-state index is -0.290. The number of benzene rings is 1. The zero-order valence-electron chi connectivity index (χ0n) is 13.0. The van der Waals surface area contributed by atoms with Crippen LogP contribution in [0.3, 0.4) is 0 Å². The van der Waals surface area contributed by atoms with Crippen molar-refractivity contribution in [3.8, 4) is 16.9 Å². The first-order valence-electron chi connectivity index (χ1n) is 7.30. The molecule has 0 bridgehead atoms. The van der Waals surface area contributed by atoms with Crippen molar-refractivity contribution >= 4 is 11.6 Å². The van der Waals surface area contributed by atoms with Gasteiger partial charge in [-0.15, -0.1) is 0 Å². The van der Waals surface area contributed by atoms with Gasteiger partial charge in [0.25, 0.3) is 5.56 Å². The number of nitrogens with zero attached hydrogens (tertiary/aromatic N) is 2. The fraction of sp³-hybridized carbons (Fsp3) is 0.118. The number of pyridine rings is 1. The van der Waals surface area contributed by atoms with Crippen LogP contribution in [-0.2, 0) is 11.3 Å². The number of carbonyl (C=O) groups excluding carboxylic acids is 1. The normalized spacial score (nSPS) is 10.4. The van der Waals surface area contributed by atoms with Crippen molar-refractivity contribution in [3.05, 3.63) is 65.3 Å². The van der Waals surface area contributed by atoms with Gasteiger partial charge in [0, 0.05) is 41.3 Å². The first-order valence-corrected chi connectivity index (χ1v) is 7.30. The third-order valence-electron chi connectivity index (χ3n) is 3.51. The number of aromatic nitrogens is 3. The summed E-state index contributed by atoms with van der Waals surface area (Å²) in [5, 5.41) is 9.43. The molecule has 2 N–H and O–H groups in total. The van der Waals surface area contributed by atoms with E-state index in [2.05, 4.69) is 15.5 Å². The fourth-order valence-corrected chi connectivity index (χ4v) is 2.35. The van der Waals surface area contributed by atoms with Crippen LogP contribution in [0.2, 0.25) is 0 Å². The zero-order valence-corrected chi connectivity index (χ0v) is 13.0. The largest absolute Gasteiger partial charge is 0.496 e. The maximum Gasteiger partial charge on any atom is 0.250 e. The molecule has 0 saturated heterocycles. The molecule has 0 unspecified atom stereocenters. The van der Waals surface area contributed by atoms with E-state index in [-0.39, 0.29) is 18.0 Å². The molecule has 24 heavy (non-hydrogen) atoms. The number of rotatable bonds is 5. The summed E-state index contributed by atoms with van der Waals surface area (Å²) in [5.74, 6) is 0.326. The predicted molar refractivity (Wildman–Crippen MR) is 89.9 cm³/mol. The average Bonchev–Trinajstić information content (AvgIpc) is 3.11. The maximum atomic E-state index is 12.1. The van der Waals surface area contributed by atoms with Gasteiger partial charge in [0.1, 0.15) is 12.3 Å². The Balaban J connectivity index is 1.77. The molecular weight excluding hydrogens is 308 g/mol. The SMILES string of the molecule is COc1cc(NC(=O)Cn2ccccc2=O)ccc1-c1cn[nH]c1. The number of ether oxygens (including phenoxy) is 1. The number of hydrogen-bond donors (Lipinski definition) is 2. The monoisotopic (exact) mass is 324 g/mol. The highest BCUT2D eigenvalue weighted by molar-refractivity contribution is 5.91. The number of nitrogens with one attached hydrogen (secondary N) is 2. The molecule has 122 valence electrons. The molecule has 3 rings (SSSR count). The third kappa shape index (κ3) is 3.35. The second-order valence-electron chi connectivity index (χ2n) is 5.12. The van der Waals surface area contributed by atoms with Gasteiger partial charge in [0.05, 0.1) is 13.3 Å². The summed E-state index contributed by atoms with van der Waals surface area (Å²) < 4.78 is 6.72. The summed E-state index contributed by atoms with van der Waals surface area (Å²) in [6, 6.07) is 10.1. The third-order valence-corrected chi connectivity index (χ3v) is 3.51. The van der Waals surface area contributed by atoms with E-state index in [0.29, 0.717) is 11.4 Å². The Morgan fingerprint density at radius 3 is 2.92 bits per heavy atom. The molecule has 0 aliphatic heterocycles. The van der Waals surface area contributed by atoms with Crippen LogP contribution in [0.1, 0.15) is 0 Å². The fourth-order valence-electron chi connectivity index (χ4n) is 2.35. The Bertz CT molecular complexity index is 900. The second-order valence-corrected chi connectivity index (χ2v) is 5.12. The number of hydrogen-bond acceptors (Lipinski definition) is 4. The molecule has 0 radical (unpaired) electrons. The van der Waals surface area contributed by atoms with Crippen molar-refractivity contribution in [1.82, 2.24) is 14.8 Å². The van der Waals surface area contributed by atoms with Crippen molar-refractivity contribution < 1.29 is 9.53 Å². The van der Waals surface area contributed by atoms with Gasteiger partial charge < -0.3 is 14.6 Å². The van der Waals surface area contributed by atoms with E-state index in [1.165, 1.54) is 10.6 Å². The molecule has 0 aliphatic rings. The van der Waals surface area contributed by atoms with Gasteiger partial charge in [-0.2, -0.15) is 5.10 Å². The number of anilines is 1. The molecule has 2 heterocycles. The second kappa shape index (κ2) is 6.82. The number of H-pyrrole nitrogens is 1. The molecule has 0 spiro atoms. The van der Waals surface area contributed by atoms with Crippen molar-refractivity contribution in [3.63, 3.8) is 0 Å². The Morgan fingerprint density at radius 2 is 2.21 bits per heavy atom. The molecule has 3 aromatic rings. The molecular formula is C17H16N4O3. The van der Waals surface area contributed by atoms with Crippen molar-refractivity contribution in [2.45, 2.75) is 6.54 Å². The van der Waals surface area contributed by atoms with E-state index in [9.17, 15) is 9.59 Å². The predicted octanol–water partition coefficient (Wildman–Crippen LogP) is 1.89. The van der Waals surface area contributed by atoms with Crippen molar-refractivity contribution in [2.75, 3.05) is 12.4 Å². The molecule has 0 saturated carbocycles. The van der Waals surface area contributed by atoms with Gasteiger partial charge >= 0.3 is 0 Å². The van der Waals surface area contributed by atoms with Crippen LogP contribution in [0.25, 0.3) is 11.1 Å². The Morgan fingerprint density at radius 1 is 1.33 bits per heavy atom. The number of carbonyl (C=O) groups is 1. The molecule has 1 aromatic carbocycles. The summed E-state index contributed by atoms with van der Waals surface area (Å²) in [6.45, 7) is -0.0501. The Labute approximate surface area is 137 Å². The standard InChI is InChI=1S/C17H16N4O3/c1-24-15-8-13(5-6-14(15)12-9-18-19-10-12)20-16(22)11-21-7-3-2-4-17(21)23/h2-10H,11H2,1H3,(H,18,19)(H,20,22). The van der Waals surface area contributed by atoms with E-state index >= 15 is 0 Å². The average molecular weight is 324 g/mol. The summed E-state index contributed by atoms with van der Waals surface area (Å²) in [7, 11) is 1.56. The lowest BCUT2D eigenvalue weighted by molar-refractivity contribution is -0.116. The summed E-state index contributed by atoms with van der Waals surface area (Å²) in [4.78, 5) is 23.8. The molecule has 2 aromatic heterocycles. The van der Waals surface area contributed by atoms with Crippen LogP contribution in [0, 0.1) is 0 Å². The first kappa shape index (κ1) is 15.5. The van der Waals surface area contributed by atoms with Crippen LogP contribution >= 0.6 is 0 Å². The quantitative estimate of drug-likeness (QED) is 0.750. The highest BCUT2D eigenvalue weighted by atomic mass is 16.5. The minimum absolute atomic E-state index is 0.0501. The lowest BCUT2D eigenvalue weighted by atomic mass is 10.1. The zero-order chi connectivity index (χ0) is 16.9. The smallest absolute Gasteiger partial charge is 0.250 e. The Hall–Kier alpha value is -3.35. The molecule has 7 heteroatoms. The van der Waals surface area contributed by atoms with Crippen molar-refractivity contribution in [2.24, 2.45) is 0 Å². The number of aromatic amines is 1. The lowest BCUT2D eigenvalue weighted by Crippen LogP contribution is -2.26. The number of methoxy groups -OCH3 is 1. The highest BCUT2D eigenvalue weighted by Gasteiger charge is 2.10. The first-order chi connectivity index (χ1) is 11.7. The molecule has 7 nitrogen and oxygen atoms in total. The van der Waals surface area contributed by atoms with Crippen LogP contribution < -0.4 is 15.6 Å². The Kier molecular flexibility index (Phi) is 4.42. The van der Waals surface area contributed by atoms with E-state index < -0.39 is 0 Å². The van der Waals surface area contributed by atoms with Gasteiger partial charge in [-0.3, -0.25) is 14.7 Å². The van der Waals surface area contributed by atoms with Crippen LogP contribution in [0.4, 0.5) is 5.69 Å². The van der Waals surface area contributed by atoms with Crippen molar-refractivity contribution in [1.29, 1.82) is 0 Å². The van der Waals surface area contributed by atoms with Gasteiger partial charge in [-0.25, -0.2) is 0 Å². The highest BCUT2D eigenvalue weighted by Crippen LogP contribution is 2.31. The summed E-state index contributed by atoms with van der Waals surface area (Å²) in [6.07, 6.45) is 5.03. The van der Waals surface area contributed by atoms with Crippen LogP contribution in [-0.4, -0.2) is 27.8 Å². The van der Waals surface area contributed by atoms with Gasteiger partial charge in [-0.05, 0) is 18.2 Å². The van der Waals surface area contributed by atoms with Crippen LogP contribution in [0.5, 0.6) is 5.75 Å². The lowest BCUT2D eigenvalue weighted by Gasteiger charge is -2.11. The van der Waals surface area contributed by atoms with E-state index in [0.717, 1.165) is 11.1 Å². The topological polar surface area (TPSA) is 89.0 Å².